The van der Waals surface area contributed by atoms with Gasteiger partial charge in [0.1, 0.15) is 0 Å². The Kier molecular flexibility index (Phi) is 2.22. The van der Waals surface area contributed by atoms with Crippen molar-refractivity contribution < 1.29 is 0 Å². The van der Waals surface area contributed by atoms with Crippen LogP contribution in [0.5, 0.6) is 0 Å². The summed E-state index contributed by atoms with van der Waals surface area (Å²) in [6, 6.07) is 22.3. The molecule has 0 spiro atoms. The summed E-state index contributed by atoms with van der Waals surface area (Å²) in [5.74, 6) is 0. The molecule has 2 heteroatoms. The summed E-state index contributed by atoms with van der Waals surface area (Å²) in [6.45, 7) is 0. The van der Waals surface area contributed by atoms with Gasteiger partial charge in [-0.15, -0.1) is 0 Å². The molecule has 100 valence electrons. The van der Waals surface area contributed by atoms with Gasteiger partial charge in [0.25, 0.3) is 0 Å². The van der Waals surface area contributed by atoms with E-state index >= 15 is 0 Å². The Morgan fingerprint density at radius 1 is 0.667 bits per heavy atom. The first kappa shape index (κ1) is 11.6. The molecule has 0 fully saturated rings. The summed E-state index contributed by atoms with van der Waals surface area (Å²) in [4.78, 5) is 0. The summed E-state index contributed by atoms with van der Waals surface area (Å²) >= 11 is 0.442. The molecule has 0 bridgehead atoms. The first-order valence-corrected chi connectivity index (χ1v) is 8.83. The zero-order chi connectivity index (χ0) is 14.0. The van der Waals surface area contributed by atoms with Crippen LogP contribution in [0.3, 0.4) is 0 Å². The number of para-hydroxylation sites is 1. The van der Waals surface area contributed by atoms with Gasteiger partial charge in [-0.25, -0.2) is 0 Å². The van der Waals surface area contributed by atoms with Crippen LogP contribution in [0.25, 0.3) is 41.1 Å². The molecule has 1 nitrogen and oxygen atoms in total. The van der Waals surface area contributed by atoms with Crippen molar-refractivity contribution in [2.45, 2.75) is 0 Å². The standard InChI is InChI=1S/C19H13NSe/c1-20-14-8-4-2-6-12(14)18-15(20)10-11-17-19(18)13-7-3-5-9-16(13)21-17/h2-11H,1H3. The van der Waals surface area contributed by atoms with Gasteiger partial charge >= 0.3 is 128 Å². The van der Waals surface area contributed by atoms with Crippen molar-refractivity contribution in [3.63, 3.8) is 0 Å². The van der Waals surface area contributed by atoms with Gasteiger partial charge in [0.15, 0.2) is 0 Å². The maximum atomic E-state index is 2.33. The summed E-state index contributed by atoms with van der Waals surface area (Å²) in [5.41, 5.74) is 2.65. The van der Waals surface area contributed by atoms with Crippen LogP contribution in [0.4, 0.5) is 0 Å². The van der Waals surface area contributed by atoms with Crippen LogP contribution in [0.2, 0.25) is 0 Å². The molecule has 2 aromatic heterocycles. The van der Waals surface area contributed by atoms with E-state index in [-0.39, 0.29) is 0 Å². The van der Waals surface area contributed by atoms with Gasteiger partial charge in [-0.05, 0) is 0 Å². The fourth-order valence-corrected chi connectivity index (χ4v) is 5.80. The predicted octanol–water partition coefficient (Wildman–Crippen LogP) is 4.69. The van der Waals surface area contributed by atoms with Gasteiger partial charge in [-0.3, -0.25) is 0 Å². The van der Waals surface area contributed by atoms with Crippen molar-refractivity contribution in [3.05, 3.63) is 60.7 Å². The summed E-state index contributed by atoms with van der Waals surface area (Å²) in [6.07, 6.45) is 0. The Balaban J connectivity index is 2.20. The summed E-state index contributed by atoms with van der Waals surface area (Å²) in [5, 5.41) is 5.71. The number of hydrogen-bond acceptors (Lipinski definition) is 0. The molecule has 0 amide bonds. The molecular formula is C19H13NSe. The van der Waals surface area contributed by atoms with E-state index in [1.807, 2.05) is 0 Å². The SMILES string of the molecule is Cn1c2ccccc2c2c3c(ccc21)[se]c1ccccc13. The molecule has 0 aliphatic heterocycles. The number of aryl methyl sites for hydroxylation is 1. The van der Waals surface area contributed by atoms with Crippen LogP contribution in [-0.2, 0) is 7.05 Å². The van der Waals surface area contributed by atoms with E-state index in [1.54, 1.807) is 0 Å². The minimum atomic E-state index is 0.442. The second-order valence-corrected chi connectivity index (χ2v) is 7.78. The Hall–Kier alpha value is -2.02. The molecule has 5 rings (SSSR count). The number of aromatic nitrogens is 1. The van der Waals surface area contributed by atoms with Crippen molar-refractivity contribution in [1.82, 2.24) is 4.57 Å². The van der Waals surface area contributed by atoms with Gasteiger partial charge in [0.05, 0.1) is 0 Å². The third kappa shape index (κ3) is 1.41. The van der Waals surface area contributed by atoms with Gasteiger partial charge in [0, 0.05) is 0 Å². The second-order valence-electron chi connectivity index (χ2n) is 5.51. The molecule has 0 radical (unpaired) electrons. The van der Waals surface area contributed by atoms with Crippen molar-refractivity contribution in [1.29, 1.82) is 0 Å². The van der Waals surface area contributed by atoms with Gasteiger partial charge in [0.2, 0.25) is 0 Å². The Labute approximate surface area is 128 Å². The van der Waals surface area contributed by atoms with Crippen LogP contribution >= 0.6 is 0 Å². The predicted molar refractivity (Wildman–Crippen MR) is 92.4 cm³/mol. The number of rotatable bonds is 0. The summed E-state index contributed by atoms with van der Waals surface area (Å²) in [7, 11) is 2.17. The Morgan fingerprint density at radius 2 is 1.43 bits per heavy atom. The van der Waals surface area contributed by atoms with Gasteiger partial charge in [-0.1, -0.05) is 0 Å². The van der Waals surface area contributed by atoms with Crippen molar-refractivity contribution in [2.24, 2.45) is 7.05 Å². The van der Waals surface area contributed by atoms with Crippen LogP contribution in [-0.4, -0.2) is 19.1 Å². The van der Waals surface area contributed by atoms with Crippen LogP contribution < -0.4 is 0 Å². The van der Waals surface area contributed by atoms with E-state index in [0.717, 1.165) is 0 Å². The molecule has 0 atom stereocenters. The average Bonchev–Trinajstić information content (AvgIpc) is 3.04. The summed E-state index contributed by atoms with van der Waals surface area (Å²) < 4.78 is 5.35. The van der Waals surface area contributed by atoms with E-state index in [2.05, 4.69) is 72.3 Å². The van der Waals surface area contributed by atoms with Crippen LogP contribution in [0.15, 0.2) is 60.7 Å². The molecule has 0 saturated heterocycles. The van der Waals surface area contributed by atoms with E-state index in [9.17, 15) is 0 Å². The number of nitrogens with zero attached hydrogens (tertiary/aromatic N) is 1. The maximum absolute atomic E-state index is 2.33. The molecule has 0 N–H and O–H groups in total. The van der Waals surface area contributed by atoms with E-state index in [0.29, 0.717) is 14.5 Å². The molecule has 2 heterocycles. The monoisotopic (exact) mass is 335 g/mol. The van der Waals surface area contributed by atoms with Crippen molar-refractivity contribution in [3.8, 4) is 0 Å². The second kappa shape index (κ2) is 4.00. The third-order valence-electron chi connectivity index (χ3n) is 4.42. The number of fused-ring (bicyclic) bond motifs is 7. The zero-order valence-corrected chi connectivity index (χ0v) is 13.3. The molecule has 21 heavy (non-hydrogen) atoms. The molecule has 0 unspecified atom stereocenters. The van der Waals surface area contributed by atoms with E-state index in [4.69, 9.17) is 0 Å². The minimum absolute atomic E-state index is 0.442. The third-order valence-corrected chi connectivity index (χ3v) is 6.80. The van der Waals surface area contributed by atoms with Crippen molar-refractivity contribution in [2.75, 3.05) is 0 Å². The number of hydrogen-bond donors (Lipinski definition) is 0. The zero-order valence-electron chi connectivity index (χ0n) is 11.6. The van der Waals surface area contributed by atoms with Gasteiger partial charge < -0.3 is 0 Å². The van der Waals surface area contributed by atoms with Crippen LogP contribution in [0, 0.1) is 0 Å². The quantitative estimate of drug-likeness (QED) is 0.362. The fraction of sp³-hybridized carbons (Fsp3) is 0.0526. The Bertz CT molecular complexity index is 1140. The first-order chi connectivity index (χ1) is 10.3. The Morgan fingerprint density at radius 3 is 2.33 bits per heavy atom. The fourth-order valence-electron chi connectivity index (χ4n) is 3.47. The molecule has 0 aliphatic carbocycles. The van der Waals surface area contributed by atoms with Crippen molar-refractivity contribution >= 4 is 55.6 Å². The number of benzene rings is 3. The van der Waals surface area contributed by atoms with E-state index < -0.39 is 0 Å². The topological polar surface area (TPSA) is 4.93 Å². The molecular weight excluding hydrogens is 321 g/mol. The molecule has 5 aromatic rings. The molecule has 3 aromatic carbocycles. The van der Waals surface area contributed by atoms with Gasteiger partial charge in [-0.2, -0.15) is 0 Å². The van der Waals surface area contributed by atoms with Crippen LogP contribution in [0.1, 0.15) is 0 Å². The first-order valence-electron chi connectivity index (χ1n) is 7.12. The van der Waals surface area contributed by atoms with E-state index in [1.165, 1.54) is 41.1 Å². The average molecular weight is 334 g/mol. The molecule has 0 saturated carbocycles. The normalized spacial score (nSPS) is 12.0. The molecule has 0 aliphatic rings.